The molecule has 3 rings (SSSR count). The van der Waals surface area contributed by atoms with Gasteiger partial charge in [-0.1, -0.05) is 30.4 Å². The maximum absolute atomic E-state index is 12.6. The van der Waals surface area contributed by atoms with Crippen LogP contribution in [0, 0.1) is 0 Å². The zero-order valence-corrected chi connectivity index (χ0v) is 16.3. The van der Waals surface area contributed by atoms with Crippen LogP contribution in [0.15, 0.2) is 30.4 Å². The van der Waals surface area contributed by atoms with Gasteiger partial charge in [-0.2, -0.15) is 0 Å². The Morgan fingerprint density at radius 2 is 1.96 bits per heavy atom. The second-order valence-electron chi connectivity index (χ2n) is 6.82. The van der Waals surface area contributed by atoms with Crippen LogP contribution in [0.4, 0.5) is 9.59 Å². The fourth-order valence-electron chi connectivity index (χ4n) is 3.95. The molecule has 28 heavy (non-hydrogen) atoms. The van der Waals surface area contributed by atoms with Crippen molar-refractivity contribution in [1.29, 1.82) is 0 Å². The van der Waals surface area contributed by atoms with E-state index in [2.05, 4.69) is 5.43 Å². The number of ether oxygens (including phenoxy) is 2. The summed E-state index contributed by atoms with van der Waals surface area (Å²) in [5, 5.41) is 1.19. The number of Topliss-reactive ketones (excluding diaryl/α,β-unsaturated/α-hetero) is 1. The predicted octanol–water partition coefficient (Wildman–Crippen LogP) is 3.74. The number of aryl methyl sites for hydroxylation is 1. The number of hydrogen-bond donors (Lipinski definition) is 1. The van der Waals surface area contributed by atoms with Crippen molar-refractivity contribution in [2.45, 2.75) is 51.5 Å². The molecule has 2 aliphatic rings. The Labute approximate surface area is 164 Å². The summed E-state index contributed by atoms with van der Waals surface area (Å²) in [5.74, 6) is -0.0831. The number of ketones is 1. The van der Waals surface area contributed by atoms with Crippen molar-refractivity contribution < 1.29 is 23.9 Å². The van der Waals surface area contributed by atoms with Crippen LogP contribution in [0.2, 0.25) is 0 Å². The Hall–Kier alpha value is -2.83. The third kappa shape index (κ3) is 4.03. The van der Waals surface area contributed by atoms with E-state index in [-0.39, 0.29) is 24.9 Å². The van der Waals surface area contributed by atoms with Gasteiger partial charge in [0.05, 0.1) is 19.3 Å². The van der Waals surface area contributed by atoms with Crippen LogP contribution in [0.25, 0.3) is 0 Å². The molecule has 0 spiro atoms. The van der Waals surface area contributed by atoms with Gasteiger partial charge in [0.15, 0.2) is 5.78 Å². The number of hydrogen-bond acceptors (Lipinski definition) is 5. The van der Waals surface area contributed by atoms with Crippen molar-refractivity contribution in [3.63, 3.8) is 0 Å². The summed E-state index contributed by atoms with van der Waals surface area (Å²) in [7, 11) is 0. The first kappa shape index (κ1) is 19.9. The number of fused-ring (bicyclic) bond motifs is 1. The first-order chi connectivity index (χ1) is 13.6. The number of rotatable bonds is 4. The molecule has 0 radical (unpaired) electrons. The number of benzene rings is 1. The molecule has 0 fully saturated rings. The summed E-state index contributed by atoms with van der Waals surface area (Å²) in [5.41, 5.74) is 5.21. The van der Waals surface area contributed by atoms with E-state index in [0.29, 0.717) is 12.8 Å². The van der Waals surface area contributed by atoms with Crippen LogP contribution < -0.4 is 5.43 Å². The van der Waals surface area contributed by atoms with Crippen LogP contribution in [0.5, 0.6) is 0 Å². The largest absolute Gasteiger partial charge is 0.449 e. The fourth-order valence-corrected chi connectivity index (χ4v) is 3.95. The Morgan fingerprint density at radius 3 is 2.71 bits per heavy atom. The highest BCUT2D eigenvalue weighted by molar-refractivity contribution is 6.00. The maximum Gasteiger partial charge on any atom is 0.429 e. The summed E-state index contributed by atoms with van der Waals surface area (Å²) >= 11 is 0. The second kappa shape index (κ2) is 8.91. The minimum Gasteiger partial charge on any atom is -0.449 e. The molecule has 0 saturated carbocycles. The molecule has 2 atom stereocenters. The second-order valence-corrected chi connectivity index (χ2v) is 6.82. The lowest BCUT2D eigenvalue weighted by Gasteiger charge is -2.33. The van der Waals surface area contributed by atoms with E-state index in [1.54, 1.807) is 13.8 Å². The first-order valence-corrected chi connectivity index (χ1v) is 9.77. The van der Waals surface area contributed by atoms with Crippen molar-refractivity contribution in [2.75, 3.05) is 13.2 Å². The summed E-state index contributed by atoms with van der Waals surface area (Å²) in [6.07, 6.45) is 5.39. The molecule has 1 aromatic carbocycles. The van der Waals surface area contributed by atoms with Crippen molar-refractivity contribution in [3.8, 4) is 0 Å². The molecule has 0 aromatic heterocycles. The third-order valence-corrected chi connectivity index (χ3v) is 5.09. The molecule has 0 saturated heterocycles. The van der Waals surface area contributed by atoms with Gasteiger partial charge in [-0.05, 0) is 44.2 Å². The molecule has 1 aromatic rings. The summed E-state index contributed by atoms with van der Waals surface area (Å²) in [6.45, 7) is 3.77. The highest BCUT2D eigenvalue weighted by atomic mass is 16.6. The van der Waals surface area contributed by atoms with E-state index in [1.807, 2.05) is 30.4 Å². The Morgan fingerprint density at radius 1 is 1.18 bits per heavy atom. The van der Waals surface area contributed by atoms with Crippen LogP contribution in [0.1, 0.15) is 60.5 Å². The first-order valence-electron chi connectivity index (χ1n) is 9.77. The number of nitrogens with one attached hydrogen (secondary N) is 1. The van der Waals surface area contributed by atoms with Gasteiger partial charge >= 0.3 is 12.2 Å². The van der Waals surface area contributed by atoms with Gasteiger partial charge in [0.25, 0.3) is 0 Å². The van der Waals surface area contributed by atoms with E-state index < -0.39 is 18.2 Å². The molecule has 0 aliphatic heterocycles. The minimum atomic E-state index is -0.715. The van der Waals surface area contributed by atoms with Gasteiger partial charge in [0, 0.05) is 17.9 Å². The van der Waals surface area contributed by atoms with Gasteiger partial charge in [-0.15, -0.1) is 0 Å². The van der Waals surface area contributed by atoms with E-state index in [9.17, 15) is 14.4 Å². The van der Waals surface area contributed by atoms with Crippen molar-refractivity contribution in [1.82, 2.24) is 10.4 Å². The van der Waals surface area contributed by atoms with Gasteiger partial charge in [-0.3, -0.25) is 4.79 Å². The van der Waals surface area contributed by atoms with Crippen molar-refractivity contribution in [3.05, 3.63) is 47.0 Å². The average molecular weight is 386 g/mol. The van der Waals surface area contributed by atoms with Crippen LogP contribution >= 0.6 is 0 Å². The molecular formula is C21H26N2O5. The van der Waals surface area contributed by atoms with Crippen LogP contribution in [-0.4, -0.2) is 42.2 Å². The lowest BCUT2D eigenvalue weighted by atomic mass is 9.81. The monoisotopic (exact) mass is 386 g/mol. The van der Waals surface area contributed by atoms with E-state index in [1.165, 1.54) is 5.01 Å². The third-order valence-electron chi connectivity index (χ3n) is 5.09. The van der Waals surface area contributed by atoms with E-state index in [4.69, 9.17) is 9.47 Å². The topological polar surface area (TPSA) is 84.9 Å². The van der Waals surface area contributed by atoms with Crippen molar-refractivity contribution in [2.24, 2.45) is 0 Å². The van der Waals surface area contributed by atoms with Gasteiger partial charge in [-0.25, -0.2) is 20.0 Å². The fraction of sp³-hybridized carbons (Fsp3) is 0.476. The highest BCUT2D eigenvalue weighted by Gasteiger charge is 2.37. The normalized spacial score (nSPS) is 20.4. The predicted molar refractivity (Wildman–Crippen MR) is 103 cm³/mol. The SMILES string of the molecule is CCOC(=O)NN(C(=O)OCC)[C@H]1CC=C[C@@H]1c1cccc2c1C(=O)CCC2. The average Bonchev–Trinajstić information content (AvgIpc) is 3.15. The molecule has 150 valence electrons. The standard InChI is InChI=1S/C21H26N2O5/c1-3-27-20(25)22-23(21(26)28-4-2)17-12-7-10-15(17)16-11-5-8-14-9-6-13-18(24)19(14)16/h5,7-8,10-11,15,17H,3-4,6,9,12-13H2,1-2H3,(H,22,25)/t15-,17+/m1/s1. The molecule has 0 bridgehead atoms. The smallest absolute Gasteiger partial charge is 0.429 e. The zero-order chi connectivity index (χ0) is 20.1. The molecule has 7 heteroatoms. The summed E-state index contributed by atoms with van der Waals surface area (Å²) in [4.78, 5) is 37.1. The molecular weight excluding hydrogens is 360 g/mol. The summed E-state index contributed by atoms with van der Waals surface area (Å²) in [6, 6.07) is 5.47. The molecule has 2 amide bonds. The van der Waals surface area contributed by atoms with E-state index >= 15 is 0 Å². The zero-order valence-electron chi connectivity index (χ0n) is 16.3. The quantitative estimate of drug-likeness (QED) is 0.629. The molecule has 7 nitrogen and oxygen atoms in total. The Kier molecular flexibility index (Phi) is 6.34. The van der Waals surface area contributed by atoms with Crippen LogP contribution in [0.3, 0.4) is 0 Å². The minimum absolute atomic E-state index is 0.136. The Balaban J connectivity index is 1.93. The summed E-state index contributed by atoms with van der Waals surface area (Å²) < 4.78 is 10.1. The molecule has 2 aliphatic carbocycles. The highest BCUT2D eigenvalue weighted by Crippen LogP contribution is 2.37. The lowest BCUT2D eigenvalue weighted by molar-refractivity contribution is 0.0540. The van der Waals surface area contributed by atoms with Crippen molar-refractivity contribution >= 4 is 18.0 Å². The molecule has 0 unspecified atom stereocenters. The van der Waals surface area contributed by atoms with Gasteiger partial charge in [0.2, 0.25) is 0 Å². The van der Waals surface area contributed by atoms with Gasteiger partial charge in [0.1, 0.15) is 0 Å². The number of carbonyl (C=O) groups is 3. The van der Waals surface area contributed by atoms with Gasteiger partial charge < -0.3 is 9.47 Å². The van der Waals surface area contributed by atoms with Crippen LogP contribution in [-0.2, 0) is 15.9 Å². The van der Waals surface area contributed by atoms with E-state index in [0.717, 1.165) is 29.5 Å². The molecule has 0 heterocycles. The Bertz CT molecular complexity index is 789. The number of hydrazine groups is 1. The number of amides is 2. The number of carbonyl (C=O) groups excluding carboxylic acids is 3. The number of nitrogens with zero attached hydrogens (tertiary/aromatic N) is 1. The lowest BCUT2D eigenvalue weighted by Crippen LogP contribution is -2.53. The molecule has 1 N–H and O–H groups in total. The maximum atomic E-state index is 12.6.